The Kier molecular flexibility index (Phi) is 4.02. The van der Waals surface area contributed by atoms with Crippen LogP contribution in [0.5, 0.6) is 0 Å². The number of hydrogen-bond donors (Lipinski definition) is 2. The van der Waals surface area contributed by atoms with E-state index >= 15 is 0 Å². The third-order valence-corrected chi connectivity index (χ3v) is 2.92. The third-order valence-electron chi connectivity index (χ3n) is 2.92. The molecule has 0 saturated heterocycles. The Hall–Kier alpha value is -1.78. The molecule has 0 fully saturated rings. The van der Waals surface area contributed by atoms with Gasteiger partial charge in [0.25, 0.3) is 0 Å². The number of benzene rings is 1. The molecule has 1 unspecified atom stereocenters. The monoisotopic (exact) mass is 245 g/mol. The molecule has 2 aromatic rings. The summed E-state index contributed by atoms with van der Waals surface area (Å²) in [6, 6.07) is 9.26. The molecular formula is C14H16FN3. The van der Waals surface area contributed by atoms with E-state index in [1.807, 2.05) is 12.1 Å². The topological polar surface area (TPSA) is 50.9 Å². The molecule has 94 valence electrons. The van der Waals surface area contributed by atoms with Gasteiger partial charge in [0.05, 0.1) is 12.2 Å². The summed E-state index contributed by atoms with van der Waals surface area (Å²) < 4.78 is 13.2. The molecule has 1 aromatic heterocycles. The molecule has 0 aliphatic carbocycles. The molecule has 0 amide bonds. The van der Waals surface area contributed by atoms with Crippen LogP contribution in [0.25, 0.3) is 0 Å². The number of nitrogens with two attached hydrogens (primary N) is 1. The summed E-state index contributed by atoms with van der Waals surface area (Å²) in [7, 11) is 0. The first-order chi connectivity index (χ1) is 8.74. The van der Waals surface area contributed by atoms with E-state index in [9.17, 15) is 4.39 Å². The lowest BCUT2D eigenvalue weighted by molar-refractivity contribution is 0.597. The van der Waals surface area contributed by atoms with Gasteiger partial charge >= 0.3 is 0 Å². The van der Waals surface area contributed by atoms with Gasteiger partial charge in [-0.2, -0.15) is 0 Å². The van der Waals surface area contributed by atoms with Crippen molar-refractivity contribution in [2.24, 2.45) is 5.84 Å². The maximum absolute atomic E-state index is 13.2. The Bertz CT molecular complexity index is 528. The van der Waals surface area contributed by atoms with Crippen LogP contribution in [0, 0.1) is 5.82 Å². The zero-order chi connectivity index (χ0) is 13.0. The van der Waals surface area contributed by atoms with E-state index in [2.05, 4.69) is 29.5 Å². The molecule has 3 nitrogen and oxygen atoms in total. The first-order valence-corrected chi connectivity index (χ1v) is 5.90. The first kappa shape index (κ1) is 12.7. The zero-order valence-corrected chi connectivity index (χ0v) is 10.2. The lowest BCUT2D eigenvalue weighted by atomic mass is 9.98. The van der Waals surface area contributed by atoms with Crippen molar-refractivity contribution in [3.05, 3.63) is 65.2 Å². The average molecular weight is 245 g/mol. The molecule has 0 aliphatic heterocycles. The van der Waals surface area contributed by atoms with Crippen molar-refractivity contribution in [1.29, 1.82) is 0 Å². The van der Waals surface area contributed by atoms with Gasteiger partial charge < -0.3 is 0 Å². The second kappa shape index (κ2) is 5.71. The summed E-state index contributed by atoms with van der Waals surface area (Å²) in [6.07, 6.45) is 3.75. The summed E-state index contributed by atoms with van der Waals surface area (Å²) in [4.78, 5) is 3.85. The molecule has 4 heteroatoms. The highest BCUT2D eigenvalue weighted by Crippen LogP contribution is 2.22. The van der Waals surface area contributed by atoms with Crippen LogP contribution in [0.4, 0.5) is 4.39 Å². The highest BCUT2D eigenvalue weighted by Gasteiger charge is 2.13. The molecule has 0 spiro atoms. The van der Waals surface area contributed by atoms with E-state index in [-0.39, 0.29) is 11.9 Å². The normalized spacial score (nSPS) is 12.4. The van der Waals surface area contributed by atoms with Crippen LogP contribution in [-0.2, 0) is 6.42 Å². The van der Waals surface area contributed by atoms with Crippen molar-refractivity contribution in [1.82, 2.24) is 10.4 Å². The quantitative estimate of drug-likeness (QED) is 0.642. The summed E-state index contributed by atoms with van der Waals surface area (Å²) in [5, 5.41) is 0. The number of aromatic nitrogens is 1. The number of nitrogens with one attached hydrogen (secondary N) is 1. The van der Waals surface area contributed by atoms with Gasteiger partial charge in [0.1, 0.15) is 5.82 Å². The largest absolute Gasteiger partial charge is 0.271 e. The van der Waals surface area contributed by atoms with Gasteiger partial charge in [-0.15, -0.1) is 0 Å². The minimum Gasteiger partial charge on any atom is -0.271 e. The van der Waals surface area contributed by atoms with E-state index in [0.29, 0.717) is 5.56 Å². The van der Waals surface area contributed by atoms with E-state index in [0.717, 1.165) is 12.0 Å². The highest BCUT2D eigenvalue weighted by atomic mass is 19.1. The molecule has 0 saturated carbocycles. The van der Waals surface area contributed by atoms with Gasteiger partial charge in [-0.3, -0.25) is 10.8 Å². The van der Waals surface area contributed by atoms with E-state index in [1.165, 1.54) is 17.8 Å². The van der Waals surface area contributed by atoms with Gasteiger partial charge in [-0.1, -0.05) is 31.2 Å². The maximum Gasteiger partial charge on any atom is 0.141 e. The Labute approximate surface area is 106 Å². The van der Waals surface area contributed by atoms with Gasteiger partial charge in [0.2, 0.25) is 0 Å². The van der Waals surface area contributed by atoms with Crippen LogP contribution in [0.1, 0.15) is 29.7 Å². The number of hydrogen-bond acceptors (Lipinski definition) is 3. The summed E-state index contributed by atoms with van der Waals surface area (Å²) in [6.45, 7) is 2.09. The zero-order valence-electron chi connectivity index (χ0n) is 10.2. The van der Waals surface area contributed by atoms with E-state index in [4.69, 9.17) is 5.84 Å². The average Bonchev–Trinajstić information content (AvgIpc) is 2.40. The fourth-order valence-corrected chi connectivity index (χ4v) is 1.96. The second-order valence-corrected chi connectivity index (χ2v) is 4.13. The number of halogens is 1. The Morgan fingerprint density at radius 1 is 1.28 bits per heavy atom. The number of pyridine rings is 1. The number of aryl methyl sites for hydroxylation is 1. The summed E-state index contributed by atoms with van der Waals surface area (Å²) >= 11 is 0. The standard InChI is InChI=1S/C14H16FN3/c1-2-10-4-3-5-11(6-10)14(18-16)12-7-13(15)9-17-8-12/h3-9,14,18H,2,16H2,1H3. The van der Waals surface area contributed by atoms with Crippen LogP contribution in [0.3, 0.4) is 0 Å². The molecule has 0 radical (unpaired) electrons. The lowest BCUT2D eigenvalue weighted by Crippen LogP contribution is -2.29. The van der Waals surface area contributed by atoms with Gasteiger partial charge in [0.15, 0.2) is 0 Å². The van der Waals surface area contributed by atoms with Crippen LogP contribution >= 0.6 is 0 Å². The number of nitrogens with zero attached hydrogens (tertiary/aromatic N) is 1. The van der Waals surface area contributed by atoms with Crippen molar-refractivity contribution in [3.63, 3.8) is 0 Å². The van der Waals surface area contributed by atoms with Crippen LogP contribution in [0.2, 0.25) is 0 Å². The van der Waals surface area contributed by atoms with Crippen LogP contribution in [-0.4, -0.2) is 4.98 Å². The molecule has 2 rings (SSSR count). The number of rotatable bonds is 4. The Morgan fingerprint density at radius 2 is 2.11 bits per heavy atom. The lowest BCUT2D eigenvalue weighted by Gasteiger charge is -2.17. The van der Waals surface area contributed by atoms with Gasteiger partial charge in [-0.25, -0.2) is 9.82 Å². The molecule has 0 bridgehead atoms. The fourth-order valence-electron chi connectivity index (χ4n) is 1.96. The molecule has 3 N–H and O–H groups in total. The van der Waals surface area contributed by atoms with E-state index in [1.54, 1.807) is 6.20 Å². The summed E-state index contributed by atoms with van der Waals surface area (Å²) in [5.74, 6) is 5.22. The Morgan fingerprint density at radius 3 is 2.78 bits per heavy atom. The smallest absolute Gasteiger partial charge is 0.141 e. The number of hydrazine groups is 1. The molecule has 1 atom stereocenters. The van der Waals surface area contributed by atoms with Crippen LogP contribution in [0.15, 0.2) is 42.7 Å². The van der Waals surface area contributed by atoms with Crippen molar-refractivity contribution in [3.8, 4) is 0 Å². The minimum absolute atomic E-state index is 0.250. The molecule has 18 heavy (non-hydrogen) atoms. The molecule has 0 aliphatic rings. The second-order valence-electron chi connectivity index (χ2n) is 4.13. The SMILES string of the molecule is CCc1cccc(C(NN)c2cncc(F)c2)c1. The van der Waals surface area contributed by atoms with Gasteiger partial charge in [0, 0.05) is 6.20 Å². The predicted octanol–water partition coefficient (Wildman–Crippen LogP) is 2.34. The van der Waals surface area contributed by atoms with Crippen molar-refractivity contribution < 1.29 is 4.39 Å². The molecule has 1 aromatic carbocycles. The third kappa shape index (κ3) is 2.72. The Balaban J connectivity index is 2.38. The maximum atomic E-state index is 13.2. The molecule has 1 heterocycles. The van der Waals surface area contributed by atoms with Crippen molar-refractivity contribution in [2.45, 2.75) is 19.4 Å². The van der Waals surface area contributed by atoms with Crippen LogP contribution < -0.4 is 11.3 Å². The highest BCUT2D eigenvalue weighted by molar-refractivity contribution is 5.33. The fraction of sp³-hybridized carbons (Fsp3) is 0.214. The predicted molar refractivity (Wildman–Crippen MR) is 69.2 cm³/mol. The molecular weight excluding hydrogens is 229 g/mol. The minimum atomic E-state index is -0.362. The van der Waals surface area contributed by atoms with E-state index < -0.39 is 0 Å². The van der Waals surface area contributed by atoms with Crippen molar-refractivity contribution >= 4 is 0 Å². The summed E-state index contributed by atoms with van der Waals surface area (Å²) in [5.41, 5.74) is 5.64. The first-order valence-electron chi connectivity index (χ1n) is 5.90. The van der Waals surface area contributed by atoms with Gasteiger partial charge in [-0.05, 0) is 29.2 Å². The van der Waals surface area contributed by atoms with Crippen molar-refractivity contribution in [2.75, 3.05) is 0 Å².